The van der Waals surface area contributed by atoms with Gasteiger partial charge >= 0.3 is 0 Å². The highest BCUT2D eigenvalue weighted by atomic mass is 16.1. The van der Waals surface area contributed by atoms with Crippen LogP contribution >= 0.6 is 0 Å². The normalized spacial score (nSPS) is 17.5. The number of nitrogens with zero attached hydrogens (tertiary/aromatic N) is 4. The molecule has 0 unspecified atom stereocenters. The molecule has 0 saturated heterocycles. The van der Waals surface area contributed by atoms with Crippen LogP contribution in [0.15, 0.2) is 61.2 Å². The van der Waals surface area contributed by atoms with E-state index in [2.05, 4.69) is 51.7 Å². The number of carbonyl (C=O) groups is 1. The number of pyridine rings is 2. The van der Waals surface area contributed by atoms with Gasteiger partial charge in [-0.1, -0.05) is 12.2 Å². The van der Waals surface area contributed by atoms with Crippen molar-refractivity contribution in [2.75, 3.05) is 5.32 Å². The number of carbonyl (C=O) groups excluding carboxylic acids is 1. The number of hydrogen-bond acceptors (Lipinski definition) is 5. The van der Waals surface area contributed by atoms with Gasteiger partial charge in [0.2, 0.25) is 0 Å². The zero-order valence-corrected chi connectivity index (χ0v) is 16.6. The van der Waals surface area contributed by atoms with Crippen molar-refractivity contribution >= 4 is 24.4 Å². The molecule has 5 rings (SSSR count). The Morgan fingerprint density at radius 1 is 1.03 bits per heavy atom. The summed E-state index contributed by atoms with van der Waals surface area (Å²) in [5.74, 6) is 0.888. The molecule has 0 radical (unpaired) electrons. The lowest BCUT2D eigenvalue weighted by Crippen LogP contribution is -2.31. The molecule has 0 aliphatic heterocycles. The molecular formula is C24H23N5O. The van der Waals surface area contributed by atoms with E-state index >= 15 is 0 Å². The molecule has 30 heavy (non-hydrogen) atoms. The SMILES string of the molecule is O=CC=Cn1nc(NC2CCC2)c2c1CC(c1ccncc1)(c1ccncc1)C=C2. The van der Waals surface area contributed by atoms with Crippen LogP contribution in [0.25, 0.3) is 12.3 Å². The molecule has 0 bridgehead atoms. The maximum atomic E-state index is 11.0. The molecule has 150 valence electrons. The molecule has 1 fully saturated rings. The van der Waals surface area contributed by atoms with Crippen molar-refractivity contribution in [3.05, 3.63) is 83.6 Å². The highest BCUT2D eigenvalue weighted by Crippen LogP contribution is 2.43. The minimum atomic E-state index is -0.362. The van der Waals surface area contributed by atoms with E-state index in [9.17, 15) is 4.79 Å². The average molecular weight is 397 g/mol. The van der Waals surface area contributed by atoms with E-state index < -0.39 is 0 Å². The first-order chi connectivity index (χ1) is 14.8. The van der Waals surface area contributed by atoms with E-state index in [-0.39, 0.29) is 5.41 Å². The third-order valence-corrected chi connectivity index (χ3v) is 6.17. The van der Waals surface area contributed by atoms with Crippen LogP contribution in [0.5, 0.6) is 0 Å². The summed E-state index contributed by atoms with van der Waals surface area (Å²) in [5, 5.41) is 8.37. The fourth-order valence-corrected chi connectivity index (χ4v) is 4.34. The van der Waals surface area contributed by atoms with E-state index in [1.54, 1.807) is 6.20 Å². The van der Waals surface area contributed by atoms with Gasteiger partial charge in [-0.2, -0.15) is 5.10 Å². The summed E-state index contributed by atoms with van der Waals surface area (Å²) < 4.78 is 1.84. The Morgan fingerprint density at radius 2 is 1.70 bits per heavy atom. The lowest BCUT2D eigenvalue weighted by molar-refractivity contribution is -0.104. The average Bonchev–Trinajstić information content (AvgIpc) is 3.12. The summed E-state index contributed by atoms with van der Waals surface area (Å²) in [6, 6.07) is 8.72. The van der Waals surface area contributed by atoms with E-state index in [0.717, 1.165) is 40.9 Å². The van der Waals surface area contributed by atoms with Crippen molar-refractivity contribution in [3.8, 4) is 0 Å². The van der Waals surface area contributed by atoms with Crippen LogP contribution in [0.4, 0.5) is 5.82 Å². The summed E-state index contributed by atoms with van der Waals surface area (Å²) in [6.45, 7) is 0. The Bertz CT molecular complexity index is 1060. The number of allylic oxidation sites excluding steroid dienone is 2. The largest absolute Gasteiger partial charge is 0.365 e. The summed E-state index contributed by atoms with van der Waals surface area (Å²) in [4.78, 5) is 19.4. The quantitative estimate of drug-likeness (QED) is 0.505. The van der Waals surface area contributed by atoms with Gasteiger partial charge in [0.05, 0.1) is 5.69 Å². The third kappa shape index (κ3) is 3.14. The van der Waals surface area contributed by atoms with Crippen molar-refractivity contribution in [1.82, 2.24) is 19.7 Å². The molecular weight excluding hydrogens is 374 g/mol. The van der Waals surface area contributed by atoms with Crippen LogP contribution in [-0.2, 0) is 16.6 Å². The van der Waals surface area contributed by atoms with Gasteiger partial charge in [-0.05, 0) is 60.7 Å². The minimum absolute atomic E-state index is 0.362. The van der Waals surface area contributed by atoms with Gasteiger partial charge in [0.25, 0.3) is 0 Å². The Kier molecular flexibility index (Phi) is 4.75. The molecule has 0 amide bonds. The van der Waals surface area contributed by atoms with Gasteiger partial charge in [0.15, 0.2) is 5.82 Å². The molecule has 2 aliphatic rings. The van der Waals surface area contributed by atoms with E-state index in [4.69, 9.17) is 5.10 Å². The van der Waals surface area contributed by atoms with Crippen molar-refractivity contribution in [1.29, 1.82) is 0 Å². The summed E-state index contributed by atoms with van der Waals surface area (Å²) in [5.41, 5.74) is 4.12. The molecule has 1 N–H and O–H groups in total. The zero-order chi connectivity index (χ0) is 20.4. The lowest BCUT2D eigenvalue weighted by atomic mass is 9.69. The molecule has 6 heteroatoms. The van der Waals surface area contributed by atoms with Crippen LogP contribution < -0.4 is 5.32 Å². The van der Waals surface area contributed by atoms with Crippen LogP contribution in [-0.4, -0.2) is 32.1 Å². The molecule has 0 atom stereocenters. The minimum Gasteiger partial charge on any atom is -0.365 e. The first-order valence-electron chi connectivity index (χ1n) is 10.3. The second-order valence-corrected chi connectivity index (χ2v) is 7.86. The number of anilines is 1. The van der Waals surface area contributed by atoms with Gasteiger partial charge < -0.3 is 5.32 Å². The van der Waals surface area contributed by atoms with Crippen molar-refractivity contribution in [2.45, 2.75) is 37.1 Å². The monoisotopic (exact) mass is 397 g/mol. The molecule has 3 aromatic heterocycles. The molecule has 1 saturated carbocycles. The predicted octanol–water partition coefficient (Wildman–Crippen LogP) is 3.86. The maximum Gasteiger partial charge on any atom is 0.156 e. The molecule has 6 nitrogen and oxygen atoms in total. The highest BCUT2D eigenvalue weighted by Gasteiger charge is 2.38. The van der Waals surface area contributed by atoms with Crippen LogP contribution in [0.2, 0.25) is 0 Å². The number of rotatable bonds is 6. The fraction of sp³-hybridized carbons (Fsp3) is 0.250. The van der Waals surface area contributed by atoms with Gasteiger partial charge in [0.1, 0.15) is 6.29 Å². The topological polar surface area (TPSA) is 72.7 Å². The van der Waals surface area contributed by atoms with Gasteiger partial charge in [-0.3, -0.25) is 14.8 Å². The molecule has 3 aromatic rings. The van der Waals surface area contributed by atoms with E-state index in [1.165, 1.54) is 25.3 Å². The second kappa shape index (κ2) is 7.71. The summed E-state index contributed by atoms with van der Waals surface area (Å²) >= 11 is 0. The van der Waals surface area contributed by atoms with Crippen LogP contribution in [0.3, 0.4) is 0 Å². The Labute approximate surface area is 175 Å². The zero-order valence-electron chi connectivity index (χ0n) is 16.6. The molecule has 0 aromatic carbocycles. The Morgan fingerprint density at radius 3 is 2.27 bits per heavy atom. The van der Waals surface area contributed by atoms with Crippen LogP contribution in [0, 0.1) is 0 Å². The van der Waals surface area contributed by atoms with Crippen LogP contribution in [0.1, 0.15) is 41.6 Å². The number of aromatic nitrogens is 4. The first-order valence-corrected chi connectivity index (χ1v) is 10.3. The fourth-order valence-electron chi connectivity index (χ4n) is 4.34. The first kappa shape index (κ1) is 18.5. The number of aldehydes is 1. The number of nitrogens with one attached hydrogen (secondary N) is 1. The molecule has 0 spiro atoms. The number of fused-ring (bicyclic) bond motifs is 1. The standard InChI is InChI=1S/C24H23N5O/c30-16-2-15-29-22-17-24(18-6-11-25-12-7-18,19-8-13-26-14-9-19)10-5-21(22)23(28-29)27-20-3-1-4-20/h2,5-16,20H,1,3-4,17H2,(H,27,28). The Balaban J connectivity index is 1.64. The van der Waals surface area contributed by atoms with E-state index in [0.29, 0.717) is 6.04 Å². The maximum absolute atomic E-state index is 11.0. The highest BCUT2D eigenvalue weighted by molar-refractivity contribution is 5.74. The van der Waals surface area contributed by atoms with Crippen molar-refractivity contribution < 1.29 is 4.79 Å². The van der Waals surface area contributed by atoms with Gasteiger partial charge in [0, 0.05) is 54.4 Å². The van der Waals surface area contributed by atoms with Crippen molar-refractivity contribution in [3.63, 3.8) is 0 Å². The summed E-state index contributed by atoms with van der Waals surface area (Å²) in [6.07, 6.45) is 20.1. The van der Waals surface area contributed by atoms with Gasteiger partial charge in [-0.15, -0.1) is 0 Å². The summed E-state index contributed by atoms with van der Waals surface area (Å²) in [7, 11) is 0. The smallest absolute Gasteiger partial charge is 0.156 e. The number of hydrogen-bond donors (Lipinski definition) is 1. The van der Waals surface area contributed by atoms with E-state index in [1.807, 2.05) is 29.5 Å². The molecule has 2 aliphatic carbocycles. The molecule has 3 heterocycles. The predicted molar refractivity (Wildman–Crippen MR) is 117 cm³/mol. The third-order valence-electron chi connectivity index (χ3n) is 6.17. The van der Waals surface area contributed by atoms with Gasteiger partial charge in [-0.25, -0.2) is 4.68 Å². The van der Waals surface area contributed by atoms with Crippen molar-refractivity contribution in [2.24, 2.45) is 0 Å². The second-order valence-electron chi connectivity index (χ2n) is 7.86. The Hall–Kier alpha value is -3.54. The lowest BCUT2D eigenvalue weighted by Gasteiger charge is -2.35.